The Hall–Kier alpha value is -2.69. The monoisotopic (exact) mass is 377 g/mol. The quantitative estimate of drug-likeness (QED) is 0.887. The van der Waals surface area contributed by atoms with Crippen LogP contribution >= 0.6 is 0 Å². The lowest BCUT2D eigenvalue weighted by molar-refractivity contribution is -0.136. The average Bonchev–Trinajstić information content (AvgIpc) is 2.74. The average molecular weight is 377 g/mol. The number of fused-ring (bicyclic) bond motifs is 1. The first-order valence-electron chi connectivity index (χ1n) is 10.2. The van der Waals surface area contributed by atoms with Crippen molar-refractivity contribution in [2.24, 2.45) is 5.92 Å². The van der Waals surface area contributed by atoms with E-state index in [1.54, 1.807) is 6.20 Å². The third-order valence-corrected chi connectivity index (χ3v) is 6.02. The first kappa shape index (κ1) is 18.7. The molecule has 1 aromatic heterocycles. The lowest BCUT2D eigenvalue weighted by atomic mass is 9.81. The van der Waals surface area contributed by atoms with Crippen LogP contribution in [0, 0.1) is 12.8 Å². The molecule has 1 aromatic carbocycles. The standard InChI is InChI=1S/C23H27N3O2/c1-16-7-5-13-24-21(16)25-22(27)18-10-6-14-26(15-18)23(28)20-12-4-9-17-8-2-3-11-19(17)20/h2-3,5,7-8,11,13,18,20H,4,6,9-10,12,14-15H2,1H3,(H,24,25,27)/t18-,20+/m0/s1. The second kappa shape index (κ2) is 8.13. The largest absolute Gasteiger partial charge is 0.341 e. The van der Waals surface area contributed by atoms with E-state index in [9.17, 15) is 9.59 Å². The summed E-state index contributed by atoms with van der Waals surface area (Å²) in [5.74, 6) is 0.502. The van der Waals surface area contributed by atoms with E-state index in [1.165, 1.54) is 11.1 Å². The molecule has 28 heavy (non-hydrogen) atoms. The fraction of sp³-hybridized carbons (Fsp3) is 0.435. The Morgan fingerprint density at radius 1 is 1.11 bits per heavy atom. The number of anilines is 1. The number of aromatic nitrogens is 1. The molecule has 1 N–H and O–H groups in total. The Kier molecular flexibility index (Phi) is 5.42. The Bertz CT molecular complexity index is 880. The van der Waals surface area contributed by atoms with Gasteiger partial charge in [-0.3, -0.25) is 9.59 Å². The van der Waals surface area contributed by atoms with Crippen molar-refractivity contribution in [3.8, 4) is 0 Å². The highest BCUT2D eigenvalue weighted by molar-refractivity contribution is 5.93. The van der Waals surface area contributed by atoms with Gasteiger partial charge in [0.2, 0.25) is 11.8 Å². The van der Waals surface area contributed by atoms with Gasteiger partial charge < -0.3 is 10.2 Å². The highest BCUT2D eigenvalue weighted by Gasteiger charge is 2.34. The zero-order valence-corrected chi connectivity index (χ0v) is 16.4. The van der Waals surface area contributed by atoms with Gasteiger partial charge in [-0.25, -0.2) is 4.98 Å². The predicted molar refractivity (Wildman–Crippen MR) is 109 cm³/mol. The maximum absolute atomic E-state index is 13.3. The van der Waals surface area contributed by atoms with Gasteiger partial charge >= 0.3 is 0 Å². The van der Waals surface area contributed by atoms with Crippen molar-refractivity contribution in [2.75, 3.05) is 18.4 Å². The normalized spacial score (nSPS) is 21.7. The Morgan fingerprint density at radius 3 is 2.82 bits per heavy atom. The number of hydrogen-bond acceptors (Lipinski definition) is 3. The number of likely N-dealkylation sites (tertiary alicyclic amines) is 1. The van der Waals surface area contributed by atoms with Crippen molar-refractivity contribution in [3.05, 3.63) is 59.3 Å². The zero-order valence-electron chi connectivity index (χ0n) is 16.4. The number of nitrogens with one attached hydrogen (secondary N) is 1. The fourth-order valence-electron chi connectivity index (χ4n) is 4.46. The number of pyridine rings is 1. The van der Waals surface area contributed by atoms with Gasteiger partial charge in [0.1, 0.15) is 5.82 Å². The van der Waals surface area contributed by atoms with Gasteiger partial charge in [0.25, 0.3) is 0 Å². The summed E-state index contributed by atoms with van der Waals surface area (Å²) < 4.78 is 0. The van der Waals surface area contributed by atoms with Crippen LogP contribution in [0.5, 0.6) is 0 Å². The van der Waals surface area contributed by atoms with Gasteiger partial charge in [-0.15, -0.1) is 0 Å². The van der Waals surface area contributed by atoms with Gasteiger partial charge in [-0.2, -0.15) is 0 Å². The molecule has 5 heteroatoms. The van der Waals surface area contributed by atoms with Gasteiger partial charge in [0.15, 0.2) is 0 Å². The van der Waals surface area contributed by atoms with E-state index in [1.807, 2.05) is 36.1 Å². The van der Waals surface area contributed by atoms with Crippen LogP contribution in [-0.2, 0) is 16.0 Å². The Labute approximate surface area is 166 Å². The molecule has 2 atom stereocenters. The molecule has 1 fully saturated rings. The summed E-state index contributed by atoms with van der Waals surface area (Å²) in [6, 6.07) is 12.1. The molecule has 2 amide bonds. The van der Waals surface area contributed by atoms with Crippen LogP contribution in [0.25, 0.3) is 0 Å². The first-order valence-corrected chi connectivity index (χ1v) is 10.2. The van der Waals surface area contributed by atoms with Gasteiger partial charge in [0, 0.05) is 19.3 Å². The molecule has 5 nitrogen and oxygen atoms in total. The highest BCUT2D eigenvalue weighted by Crippen LogP contribution is 2.34. The molecule has 0 spiro atoms. The van der Waals surface area contributed by atoms with Crippen LogP contribution in [0.1, 0.15) is 48.3 Å². The summed E-state index contributed by atoms with van der Waals surface area (Å²) in [6.07, 6.45) is 6.34. The molecule has 4 rings (SSSR count). The molecule has 2 aliphatic rings. The minimum atomic E-state index is -0.182. The van der Waals surface area contributed by atoms with Crippen LogP contribution in [0.15, 0.2) is 42.6 Å². The van der Waals surface area contributed by atoms with E-state index in [2.05, 4.69) is 22.4 Å². The summed E-state index contributed by atoms with van der Waals surface area (Å²) in [4.78, 5) is 32.2. The van der Waals surface area contributed by atoms with Crippen molar-refractivity contribution in [3.63, 3.8) is 0 Å². The topological polar surface area (TPSA) is 62.3 Å². The highest BCUT2D eigenvalue weighted by atomic mass is 16.2. The zero-order chi connectivity index (χ0) is 19.5. The van der Waals surface area contributed by atoms with Crippen molar-refractivity contribution < 1.29 is 9.59 Å². The summed E-state index contributed by atoms with van der Waals surface area (Å²) >= 11 is 0. The number of benzene rings is 1. The third-order valence-electron chi connectivity index (χ3n) is 6.02. The van der Waals surface area contributed by atoms with E-state index >= 15 is 0 Å². The van der Waals surface area contributed by atoms with E-state index < -0.39 is 0 Å². The predicted octanol–water partition coefficient (Wildman–Crippen LogP) is 3.69. The number of hydrogen-bond donors (Lipinski definition) is 1. The van der Waals surface area contributed by atoms with E-state index in [4.69, 9.17) is 0 Å². The van der Waals surface area contributed by atoms with Crippen LogP contribution in [0.4, 0.5) is 5.82 Å². The van der Waals surface area contributed by atoms with Gasteiger partial charge in [-0.05, 0) is 61.8 Å². The summed E-state index contributed by atoms with van der Waals surface area (Å²) in [5.41, 5.74) is 3.41. The van der Waals surface area contributed by atoms with E-state index in [0.717, 1.165) is 44.2 Å². The molecular weight excluding hydrogens is 350 g/mol. The lowest BCUT2D eigenvalue weighted by Gasteiger charge is -2.36. The number of carbonyl (C=O) groups is 2. The molecule has 0 saturated carbocycles. The number of nitrogens with zero attached hydrogens (tertiary/aromatic N) is 2. The number of aryl methyl sites for hydroxylation is 2. The minimum Gasteiger partial charge on any atom is -0.341 e. The van der Waals surface area contributed by atoms with Crippen molar-refractivity contribution >= 4 is 17.6 Å². The SMILES string of the molecule is Cc1cccnc1NC(=O)[C@H]1CCCN(C(=O)[C@@H]2CCCc3ccccc32)C1. The Balaban J connectivity index is 1.45. The van der Waals surface area contributed by atoms with Crippen molar-refractivity contribution in [2.45, 2.75) is 44.9 Å². The maximum atomic E-state index is 13.3. The van der Waals surface area contributed by atoms with Gasteiger partial charge in [-0.1, -0.05) is 30.3 Å². The number of rotatable bonds is 3. The molecule has 146 valence electrons. The number of amides is 2. The third kappa shape index (κ3) is 3.79. The molecule has 2 heterocycles. The molecular formula is C23H27N3O2. The molecule has 0 bridgehead atoms. The van der Waals surface area contributed by atoms with Crippen LogP contribution in [0.2, 0.25) is 0 Å². The van der Waals surface area contributed by atoms with Crippen molar-refractivity contribution in [1.29, 1.82) is 0 Å². The molecule has 2 aromatic rings. The molecule has 1 saturated heterocycles. The summed E-state index contributed by atoms with van der Waals surface area (Å²) in [5, 5.41) is 2.95. The maximum Gasteiger partial charge on any atom is 0.230 e. The second-order valence-corrected chi connectivity index (χ2v) is 7.93. The first-order chi connectivity index (χ1) is 13.6. The van der Waals surface area contributed by atoms with Crippen LogP contribution in [0.3, 0.4) is 0 Å². The molecule has 1 aliphatic carbocycles. The van der Waals surface area contributed by atoms with Gasteiger partial charge in [0.05, 0.1) is 11.8 Å². The number of piperidine rings is 1. The van der Waals surface area contributed by atoms with Crippen LogP contribution in [-0.4, -0.2) is 34.8 Å². The molecule has 0 unspecified atom stereocenters. The minimum absolute atomic E-state index is 0.0386. The van der Waals surface area contributed by atoms with Crippen LogP contribution < -0.4 is 5.32 Å². The molecule has 0 radical (unpaired) electrons. The summed E-state index contributed by atoms with van der Waals surface area (Å²) in [6.45, 7) is 3.17. The number of carbonyl (C=O) groups excluding carboxylic acids is 2. The lowest BCUT2D eigenvalue weighted by Crippen LogP contribution is -2.46. The van der Waals surface area contributed by atoms with Crippen molar-refractivity contribution in [1.82, 2.24) is 9.88 Å². The molecule has 1 aliphatic heterocycles. The fourth-order valence-corrected chi connectivity index (χ4v) is 4.46. The smallest absolute Gasteiger partial charge is 0.230 e. The van der Waals surface area contributed by atoms with E-state index in [0.29, 0.717) is 12.4 Å². The second-order valence-electron chi connectivity index (χ2n) is 7.93. The Morgan fingerprint density at radius 2 is 1.96 bits per heavy atom. The summed E-state index contributed by atoms with van der Waals surface area (Å²) in [7, 11) is 0. The van der Waals surface area contributed by atoms with E-state index in [-0.39, 0.29) is 23.7 Å².